The molecule has 2 aromatic rings. The summed E-state index contributed by atoms with van der Waals surface area (Å²) >= 11 is 3.25. The van der Waals surface area contributed by atoms with Crippen molar-refractivity contribution in [2.45, 2.75) is 20.4 Å². The lowest BCUT2D eigenvalue weighted by atomic mass is 10.4. The van der Waals surface area contributed by atoms with Crippen molar-refractivity contribution in [3.8, 4) is 0 Å². The summed E-state index contributed by atoms with van der Waals surface area (Å²) in [6.45, 7) is 4.69. The molecular formula is C12H13NOS2. The highest BCUT2D eigenvalue weighted by Gasteiger charge is 2.07. The highest BCUT2D eigenvalue weighted by Crippen LogP contribution is 2.17. The van der Waals surface area contributed by atoms with E-state index in [0.29, 0.717) is 6.54 Å². The van der Waals surface area contributed by atoms with Crippen molar-refractivity contribution < 1.29 is 4.79 Å². The molecule has 1 amide bonds. The SMILES string of the molecule is Cc1ccc(CNC(=O)c2ccc(C)s2)s1. The maximum atomic E-state index is 11.7. The number of thiophene rings is 2. The largest absolute Gasteiger partial charge is 0.346 e. The minimum absolute atomic E-state index is 0.0177. The fourth-order valence-corrected chi connectivity index (χ4v) is 3.01. The van der Waals surface area contributed by atoms with Crippen molar-refractivity contribution in [1.29, 1.82) is 0 Å². The Kier molecular flexibility index (Phi) is 3.41. The van der Waals surface area contributed by atoms with Crippen LogP contribution in [0.25, 0.3) is 0 Å². The van der Waals surface area contributed by atoms with Crippen LogP contribution in [-0.4, -0.2) is 5.91 Å². The first kappa shape index (κ1) is 11.4. The van der Waals surface area contributed by atoms with Crippen molar-refractivity contribution >= 4 is 28.6 Å². The minimum atomic E-state index is 0.0177. The summed E-state index contributed by atoms with van der Waals surface area (Å²) in [5.41, 5.74) is 0. The zero-order valence-corrected chi connectivity index (χ0v) is 10.9. The summed E-state index contributed by atoms with van der Waals surface area (Å²) < 4.78 is 0. The first-order chi connectivity index (χ1) is 7.65. The molecular weight excluding hydrogens is 238 g/mol. The van der Waals surface area contributed by atoms with E-state index < -0.39 is 0 Å². The van der Waals surface area contributed by atoms with Crippen molar-refractivity contribution in [3.05, 3.63) is 43.8 Å². The monoisotopic (exact) mass is 251 g/mol. The van der Waals surface area contributed by atoms with Gasteiger partial charge in [0.15, 0.2) is 0 Å². The zero-order chi connectivity index (χ0) is 11.5. The maximum absolute atomic E-state index is 11.7. The Morgan fingerprint density at radius 3 is 2.38 bits per heavy atom. The molecule has 2 heterocycles. The van der Waals surface area contributed by atoms with Crippen LogP contribution in [0.3, 0.4) is 0 Å². The zero-order valence-electron chi connectivity index (χ0n) is 9.24. The van der Waals surface area contributed by atoms with E-state index in [1.54, 1.807) is 11.3 Å². The molecule has 0 fully saturated rings. The summed E-state index contributed by atoms with van der Waals surface area (Å²) in [6.07, 6.45) is 0. The van der Waals surface area contributed by atoms with E-state index in [4.69, 9.17) is 0 Å². The molecule has 2 rings (SSSR count). The van der Waals surface area contributed by atoms with Gasteiger partial charge in [0.2, 0.25) is 0 Å². The Hall–Kier alpha value is -1.13. The van der Waals surface area contributed by atoms with Gasteiger partial charge in [-0.15, -0.1) is 22.7 Å². The number of nitrogens with one attached hydrogen (secondary N) is 1. The van der Waals surface area contributed by atoms with Gasteiger partial charge in [-0.25, -0.2) is 0 Å². The van der Waals surface area contributed by atoms with Gasteiger partial charge in [0, 0.05) is 14.6 Å². The Morgan fingerprint density at radius 1 is 1.12 bits per heavy atom. The van der Waals surface area contributed by atoms with E-state index in [-0.39, 0.29) is 5.91 Å². The quantitative estimate of drug-likeness (QED) is 0.890. The number of amides is 1. The lowest BCUT2D eigenvalue weighted by molar-refractivity contribution is 0.0955. The average molecular weight is 251 g/mol. The Labute approximate surface area is 103 Å². The van der Waals surface area contributed by atoms with E-state index in [1.165, 1.54) is 21.1 Å². The van der Waals surface area contributed by atoms with E-state index in [1.807, 2.05) is 19.1 Å². The number of carbonyl (C=O) groups excluding carboxylic acids is 1. The Morgan fingerprint density at radius 2 is 1.81 bits per heavy atom. The predicted octanol–water partition coefficient (Wildman–Crippen LogP) is 3.36. The van der Waals surface area contributed by atoms with Crippen molar-refractivity contribution in [3.63, 3.8) is 0 Å². The molecule has 84 valence electrons. The highest BCUT2D eigenvalue weighted by molar-refractivity contribution is 7.14. The van der Waals surface area contributed by atoms with Crippen LogP contribution in [0.5, 0.6) is 0 Å². The van der Waals surface area contributed by atoms with Gasteiger partial charge in [-0.2, -0.15) is 0 Å². The summed E-state index contributed by atoms with van der Waals surface area (Å²) in [7, 11) is 0. The summed E-state index contributed by atoms with van der Waals surface area (Å²) in [4.78, 5) is 16.2. The van der Waals surface area contributed by atoms with E-state index >= 15 is 0 Å². The van der Waals surface area contributed by atoms with Crippen LogP contribution in [0, 0.1) is 13.8 Å². The van der Waals surface area contributed by atoms with E-state index in [2.05, 4.69) is 24.4 Å². The third-order valence-corrected chi connectivity index (χ3v) is 4.18. The normalized spacial score (nSPS) is 10.4. The molecule has 2 aromatic heterocycles. The highest BCUT2D eigenvalue weighted by atomic mass is 32.1. The van der Waals surface area contributed by atoms with Gasteiger partial charge in [-0.3, -0.25) is 4.79 Å². The standard InChI is InChI=1S/C12H13NOS2/c1-8-3-5-10(15-8)7-13-12(14)11-6-4-9(2)16-11/h3-6H,7H2,1-2H3,(H,13,14). The van der Waals surface area contributed by atoms with Crippen molar-refractivity contribution in [1.82, 2.24) is 5.32 Å². The molecule has 0 spiro atoms. The molecule has 0 aliphatic rings. The van der Waals surface area contributed by atoms with Crippen LogP contribution >= 0.6 is 22.7 Å². The van der Waals surface area contributed by atoms with Gasteiger partial charge in [0.25, 0.3) is 5.91 Å². The lowest BCUT2D eigenvalue weighted by Gasteiger charge is -2.00. The molecule has 0 aliphatic carbocycles. The van der Waals surface area contributed by atoms with Crippen LogP contribution in [0.15, 0.2) is 24.3 Å². The van der Waals surface area contributed by atoms with Gasteiger partial charge >= 0.3 is 0 Å². The third-order valence-electron chi connectivity index (χ3n) is 2.18. The van der Waals surface area contributed by atoms with Crippen molar-refractivity contribution in [2.24, 2.45) is 0 Å². The minimum Gasteiger partial charge on any atom is -0.346 e. The molecule has 16 heavy (non-hydrogen) atoms. The average Bonchev–Trinajstić information content (AvgIpc) is 2.84. The van der Waals surface area contributed by atoms with Crippen LogP contribution < -0.4 is 5.32 Å². The first-order valence-electron chi connectivity index (χ1n) is 5.05. The van der Waals surface area contributed by atoms with Crippen LogP contribution in [0.4, 0.5) is 0 Å². The molecule has 0 bridgehead atoms. The molecule has 0 aliphatic heterocycles. The number of rotatable bonds is 3. The molecule has 0 aromatic carbocycles. The fraction of sp³-hybridized carbons (Fsp3) is 0.250. The van der Waals surface area contributed by atoms with Gasteiger partial charge in [0.1, 0.15) is 0 Å². The molecule has 4 heteroatoms. The number of aryl methyl sites for hydroxylation is 2. The lowest BCUT2D eigenvalue weighted by Crippen LogP contribution is -2.21. The van der Waals surface area contributed by atoms with Gasteiger partial charge in [-0.05, 0) is 38.1 Å². The fourth-order valence-electron chi connectivity index (χ4n) is 1.39. The van der Waals surface area contributed by atoms with Gasteiger partial charge < -0.3 is 5.32 Å². The first-order valence-corrected chi connectivity index (χ1v) is 6.68. The molecule has 1 N–H and O–H groups in total. The molecule has 0 saturated carbocycles. The maximum Gasteiger partial charge on any atom is 0.261 e. The van der Waals surface area contributed by atoms with E-state index in [9.17, 15) is 4.79 Å². The van der Waals surface area contributed by atoms with Gasteiger partial charge in [0.05, 0.1) is 11.4 Å². The number of hydrogen-bond donors (Lipinski definition) is 1. The second kappa shape index (κ2) is 4.80. The smallest absolute Gasteiger partial charge is 0.261 e. The second-order valence-corrected chi connectivity index (χ2v) is 6.27. The Bertz CT molecular complexity index is 499. The molecule has 0 saturated heterocycles. The summed E-state index contributed by atoms with van der Waals surface area (Å²) in [6, 6.07) is 7.96. The number of hydrogen-bond acceptors (Lipinski definition) is 3. The molecule has 0 atom stereocenters. The number of carbonyl (C=O) groups is 1. The van der Waals surface area contributed by atoms with E-state index in [0.717, 1.165) is 9.75 Å². The van der Waals surface area contributed by atoms with Crippen LogP contribution in [-0.2, 0) is 6.54 Å². The predicted molar refractivity (Wildman–Crippen MR) is 69.3 cm³/mol. The summed E-state index contributed by atoms with van der Waals surface area (Å²) in [5, 5.41) is 2.92. The summed E-state index contributed by atoms with van der Waals surface area (Å²) in [5.74, 6) is 0.0177. The second-order valence-electron chi connectivity index (χ2n) is 3.61. The van der Waals surface area contributed by atoms with Crippen molar-refractivity contribution in [2.75, 3.05) is 0 Å². The Balaban J connectivity index is 1.93. The molecule has 0 unspecified atom stereocenters. The van der Waals surface area contributed by atoms with Crippen LogP contribution in [0.2, 0.25) is 0 Å². The molecule has 0 radical (unpaired) electrons. The van der Waals surface area contributed by atoms with Crippen LogP contribution in [0.1, 0.15) is 24.3 Å². The third kappa shape index (κ3) is 2.71. The van der Waals surface area contributed by atoms with Gasteiger partial charge in [-0.1, -0.05) is 0 Å². The topological polar surface area (TPSA) is 29.1 Å². The molecule has 2 nitrogen and oxygen atoms in total.